The Morgan fingerprint density at radius 2 is 1.68 bits per heavy atom. The molecule has 25 heavy (non-hydrogen) atoms. The zero-order valence-corrected chi connectivity index (χ0v) is 14.7. The van der Waals surface area contributed by atoms with Gasteiger partial charge in [-0.05, 0) is 37.1 Å². The summed E-state index contributed by atoms with van der Waals surface area (Å²) in [4.78, 5) is 16.7. The molecule has 2 heterocycles. The molecule has 0 bridgehead atoms. The average Bonchev–Trinajstić information content (AvgIpc) is 2.92. The predicted molar refractivity (Wildman–Crippen MR) is 99.2 cm³/mol. The summed E-state index contributed by atoms with van der Waals surface area (Å²) >= 11 is 1.40. The van der Waals surface area contributed by atoms with E-state index in [0.717, 1.165) is 27.0 Å². The largest absolute Gasteiger partial charge is 0.486 e. The van der Waals surface area contributed by atoms with Gasteiger partial charge < -0.3 is 14.8 Å². The highest BCUT2D eigenvalue weighted by atomic mass is 32.1. The highest BCUT2D eigenvalue weighted by Gasteiger charge is 2.16. The molecule has 1 aliphatic heterocycles. The first-order chi connectivity index (χ1) is 12.1. The maximum absolute atomic E-state index is 12.2. The Balaban J connectivity index is 1.52. The van der Waals surface area contributed by atoms with Crippen molar-refractivity contribution in [3.63, 3.8) is 0 Å². The number of carbonyl (C=O) groups excluding carboxylic acids is 1. The van der Waals surface area contributed by atoms with E-state index in [-0.39, 0.29) is 6.03 Å². The van der Waals surface area contributed by atoms with Crippen molar-refractivity contribution in [3.05, 3.63) is 41.5 Å². The first-order valence-electron chi connectivity index (χ1n) is 7.93. The van der Waals surface area contributed by atoms with E-state index in [1.165, 1.54) is 11.3 Å². The second-order valence-electron chi connectivity index (χ2n) is 5.94. The van der Waals surface area contributed by atoms with Crippen molar-refractivity contribution in [3.8, 4) is 11.5 Å². The number of anilines is 2. The van der Waals surface area contributed by atoms with Crippen LogP contribution in [-0.2, 0) is 0 Å². The van der Waals surface area contributed by atoms with Crippen molar-refractivity contribution in [2.75, 3.05) is 23.8 Å². The Bertz CT molecular complexity index is 904. The lowest BCUT2D eigenvalue weighted by Crippen LogP contribution is -2.19. The van der Waals surface area contributed by atoms with Crippen molar-refractivity contribution in [1.29, 1.82) is 0 Å². The van der Waals surface area contributed by atoms with Crippen LogP contribution in [-0.4, -0.2) is 24.2 Å². The smallest absolute Gasteiger partial charge is 0.325 e. The summed E-state index contributed by atoms with van der Waals surface area (Å²) in [5, 5.41) is 6.15. The number of amides is 2. The molecule has 0 aliphatic carbocycles. The number of nitrogens with one attached hydrogen (secondary N) is 2. The molecule has 2 amide bonds. The number of nitrogens with zero attached hydrogens (tertiary/aromatic N) is 1. The molecular formula is C18H17N3O3S. The van der Waals surface area contributed by atoms with E-state index in [1.807, 2.05) is 38.1 Å². The van der Waals surface area contributed by atoms with Crippen LogP contribution in [0, 0.1) is 13.8 Å². The molecule has 0 unspecified atom stereocenters. The molecule has 7 heteroatoms. The number of benzene rings is 2. The normalized spacial score (nSPS) is 12.9. The Morgan fingerprint density at radius 3 is 2.40 bits per heavy atom. The quantitative estimate of drug-likeness (QED) is 0.718. The Morgan fingerprint density at radius 1 is 1.00 bits per heavy atom. The maximum atomic E-state index is 12.2. The van der Waals surface area contributed by atoms with E-state index in [2.05, 4.69) is 21.7 Å². The number of hydrogen-bond acceptors (Lipinski definition) is 5. The van der Waals surface area contributed by atoms with Crippen molar-refractivity contribution in [2.45, 2.75) is 13.8 Å². The molecular weight excluding hydrogens is 338 g/mol. The summed E-state index contributed by atoms with van der Waals surface area (Å²) in [6.07, 6.45) is 0. The lowest BCUT2D eigenvalue weighted by Gasteiger charge is -2.17. The first kappa shape index (κ1) is 15.7. The van der Waals surface area contributed by atoms with Crippen LogP contribution >= 0.6 is 11.3 Å². The van der Waals surface area contributed by atoms with Crippen molar-refractivity contribution >= 4 is 38.4 Å². The van der Waals surface area contributed by atoms with Crippen molar-refractivity contribution in [2.24, 2.45) is 0 Å². The van der Waals surface area contributed by atoms with Crippen LogP contribution in [0.25, 0.3) is 10.2 Å². The summed E-state index contributed by atoms with van der Waals surface area (Å²) in [5.74, 6) is 1.41. The molecule has 0 atom stereocenters. The van der Waals surface area contributed by atoms with E-state index < -0.39 is 0 Å². The Hall–Kier alpha value is -2.80. The molecule has 1 aliphatic rings. The second-order valence-corrected chi connectivity index (χ2v) is 6.97. The molecule has 2 N–H and O–H groups in total. The highest BCUT2D eigenvalue weighted by Crippen LogP contribution is 2.37. The molecule has 0 fully saturated rings. The van der Waals surface area contributed by atoms with Gasteiger partial charge in [-0.15, -0.1) is 0 Å². The molecule has 4 rings (SSSR count). The number of thiazole rings is 1. The van der Waals surface area contributed by atoms with Gasteiger partial charge in [0, 0.05) is 17.8 Å². The van der Waals surface area contributed by atoms with E-state index in [4.69, 9.17) is 9.47 Å². The lowest BCUT2D eigenvalue weighted by molar-refractivity contribution is 0.172. The minimum atomic E-state index is -0.318. The standard InChI is InChI=1S/C18H17N3O3S/c1-10-5-11(2)7-12(6-10)19-17(22)21-18-20-13-8-14-15(9-16(13)25-18)24-4-3-23-14/h5-9H,3-4H2,1-2H3,(H2,19,20,21,22). The molecule has 0 spiro atoms. The van der Waals surface area contributed by atoms with Crippen LogP contribution in [0.4, 0.5) is 15.6 Å². The SMILES string of the molecule is Cc1cc(C)cc(NC(=O)Nc2nc3cc4c(cc3s2)OCCO4)c1. The summed E-state index contributed by atoms with van der Waals surface area (Å²) in [6.45, 7) is 5.07. The third-order valence-corrected chi connectivity index (χ3v) is 4.69. The van der Waals surface area contributed by atoms with Crippen molar-refractivity contribution in [1.82, 2.24) is 4.98 Å². The molecule has 2 aromatic carbocycles. The average molecular weight is 355 g/mol. The van der Waals surface area contributed by atoms with Gasteiger partial charge in [0.15, 0.2) is 16.6 Å². The molecule has 0 radical (unpaired) electrons. The first-order valence-corrected chi connectivity index (χ1v) is 8.75. The maximum Gasteiger partial charge on any atom is 0.325 e. The number of hydrogen-bond donors (Lipinski definition) is 2. The number of fused-ring (bicyclic) bond motifs is 2. The van der Waals surface area contributed by atoms with Crippen LogP contribution in [0.5, 0.6) is 11.5 Å². The van der Waals surface area contributed by atoms with Gasteiger partial charge in [-0.25, -0.2) is 9.78 Å². The van der Waals surface area contributed by atoms with Gasteiger partial charge in [-0.2, -0.15) is 0 Å². The third kappa shape index (κ3) is 3.36. The minimum absolute atomic E-state index is 0.318. The number of rotatable bonds is 2. The van der Waals surface area contributed by atoms with Gasteiger partial charge >= 0.3 is 6.03 Å². The van der Waals surface area contributed by atoms with E-state index in [1.54, 1.807) is 0 Å². The minimum Gasteiger partial charge on any atom is -0.486 e. The molecule has 3 aromatic rings. The fraction of sp³-hybridized carbons (Fsp3) is 0.222. The van der Waals surface area contributed by atoms with Gasteiger partial charge in [-0.1, -0.05) is 17.4 Å². The topological polar surface area (TPSA) is 72.5 Å². The van der Waals surface area contributed by atoms with Crippen LogP contribution in [0.15, 0.2) is 30.3 Å². The van der Waals surface area contributed by atoms with Gasteiger partial charge in [0.1, 0.15) is 13.2 Å². The van der Waals surface area contributed by atoms with Crippen LogP contribution in [0.1, 0.15) is 11.1 Å². The highest BCUT2D eigenvalue weighted by molar-refractivity contribution is 7.22. The number of aryl methyl sites for hydroxylation is 2. The van der Waals surface area contributed by atoms with E-state index in [9.17, 15) is 4.79 Å². The third-order valence-electron chi connectivity index (χ3n) is 3.75. The number of urea groups is 1. The fourth-order valence-electron chi connectivity index (χ4n) is 2.82. The summed E-state index contributed by atoms with van der Waals surface area (Å²) in [6, 6.07) is 9.33. The predicted octanol–water partition coefficient (Wildman–Crippen LogP) is 4.33. The summed E-state index contributed by atoms with van der Waals surface area (Å²) in [5.41, 5.74) is 3.73. The van der Waals surface area contributed by atoms with Gasteiger partial charge in [-0.3, -0.25) is 5.32 Å². The van der Waals surface area contributed by atoms with Gasteiger partial charge in [0.25, 0.3) is 0 Å². The van der Waals surface area contributed by atoms with Crippen molar-refractivity contribution < 1.29 is 14.3 Å². The molecule has 0 saturated heterocycles. The fourth-order valence-corrected chi connectivity index (χ4v) is 3.70. The molecule has 128 valence electrons. The molecule has 0 saturated carbocycles. The Kier molecular flexibility index (Phi) is 3.93. The summed E-state index contributed by atoms with van der Waals surface area (Å²) < 4.78 is 12.1. The molecule has 6 nitrogen and oxygen atoms in total. The zero-order valence-electron chi connectivity index (χ0n) is 13.9. The number of carbonyl (C=O) groups is 1. The zero-order chi connectivity index (χ0) is 17.4. The Labute approximate surface area is 148 Å². The number of aromatic nitrogens is 1. The molecule has 1 aromatic heterocycles. The number of ether oxygens (including phenoxy) is 2. The monoisotopic (exact) mass is 355 g/mol. The van der Waals surface area contributed by atoms with E-state index in [0.29, 0.717) is 29.8 Å². The van der Waals surface area contributed by atoms with Crippen LogP contribution < -0.4 is 20.1 Å². The second kappa shape index (κ2) is 6.25. The van der Waals surface area contributed by atoms with Gasteiger partial charge in [0.2, 0.25) is 0 Å². The van der Waals surface area contributed by atoms with Crippen LogP contribution in [0.3, 0.4) is 0 Å². The van der Waals surface area contributed by atoms with E-state index >= 15 is 0 Å². The lowest BCUT2D eigenvalue weighted by atomic mass is 10.1. The van der Waals surface area contributed by atoms with Crippen LogP contribution in [0.2, 0.25) is 0 Å². The van der Waals surface area contributed by atoms with Gasteiger partial charge in [0.05, 0.1) is 10.2 Å². The summed E-state index contributed by atoms with van der Waals surface area (Å²) in [7, 11) is 0.